The van der Waals surface area contributed by atoms with E-state index >= 15 is 0 Å². The summed E-state index contributed by atoms with van der Waals surface area (Å²) < 4.78 is 27.0. The molecule has 0 radical (unpaired) electrons. The summed E-state index contributed by atoms with van der Waals surface area (Å²) in [4.78, 5) is 19.6. The van der Waals surface area contributed by atoms with Gasteiger partial charge in [0.05, 0.1) is 23.3 Å². The summed E-state index contributed by atoms with van der Waals surface area (Å²) >= 11 is 0. The molecular weight excluding hydrogens is 364 g/mol. The first-order valence-electron chi connectivity index (χ1n) is 9.52. The van der Waals surface area contributed by atoms with Gasteiger partial charge in [0.2, 0.25) is 15.9 Å². The van der Waals surface area contributed by atoms with Gasteiger partial charge >= 0.3 is 0 Å². The first kappa shape index (κ1) is 18.4. The van der Waals surface area contributed by atoms with Gasteiger partial charge < -0.3 is 9.47 Å². The SMILES string of the molecule is Cc1nc2ccccc2n1[C@H]1CCN(C(=O)C2CCN(S(C)(=O)=O)CC2)C1. The molecule has 1 aromatic carbocycles. The molecule has 1 atom stereocenters. The zero-order valence-electron chi connectivity index (χ0n) is 15.8. The van der Waals surface area contributed by atoms with Crippen molar-refractivity contribution in [1.29, 1.82) is 0 Å². The first-order chi connectivity index (χ1) is 12.8. The normalized spacial score (nSPS) is 22.6. The van der Waals surface area contributed by atoms with Crippen molar-refractivity contribution in [3.63, 3.8) is 0 Å². The highest BCUT2D eigenvalue weighted by molar-refractivity contribution is 7.88. The fourth-order valence-electron chi connectivity index (χ4n) is 4.47. The molecule has 146 valence electrons. The second kappa shape index (κ2) is 6.91. The molecule has 3 heterocycles. The summed E-state index contributed by atoms with van der Waals surface area (Å²) in [5.41, 5.74) is 2.11. The molecule has 4 rings (SSSR count). The summed E-state index contributed by atoms with van der Waals surface area (Å²) in [6, 6.07) is 8.37. The van der Waals surface area contributed by atoms with Gasteiger partial charge in [0.25, 0.3) is 0 Å². The molecule has 0 saturated carbocycles. The van der Waals surface area contributed by atoms with Gasteiger partial charge in [0.1, 0.15) is 5.82 Å². The van der Waals surface area contributed by atoms with Crippen LogP contribution in [0.2, 0.25) is 0 Å². The third kappa shape index (κ3) is 3.48. The molecule has 7 nitrogen and oxygen atoms in total. The van der Waals surface area contributed by atoms with Crippen LogP contribution in [0.1, 0.15) is 31.1 Å². The van der Waals surface area contributed by atoms with Crippen LogP contribution in [0, 0.1) is 12.8 Å². The Morgan fingerprint density at radius 3 is 2.52 bits per heavy atom. The van der Waals surface area contributed by atoms with E-state index in [9.17, 15) is 13.2 Å². The largest absolute Gasteiger partial charge is 0.340 e. The standard InChI is InChI=1S/C19H26N4O3S/c1-14-20-17-5-3-4-6-18(17)23(14)16-9-10-21(13-16)19(24)15-7-11-22(12-8-15)27(2,25)26/h3-6,15-16H,7-13H2,1-2H3/t16-/m0/s1. The average Bonchev–Trinajstić information content (AvgIpc) is 3.23. The van der Waals surface area contributed by atoms with Crippen molar-refractivity contribution in [2.45, 2.75) is 32.2 Å². The third-order valence-corrected chi connectivity index (χ3v) is 7.19. The lowest BCUT2D eigenvalue weighted by molar-refractivity contribution is -0.135. The number of nitrogens with zero attached hydrogens (tertiary/aromatic N) is 4. The van der Waals surface area contributed by atoms with E-state index in [1.54, 1.807) is 0 Å². The van der Waals surface area contributed by atoms with Crippen molar-refractivity contribution in [3.05, 3.63) is 30.1 Å². The Bertz CT molecular complexity index is 960. The molecule has 0 N–H and O–H groups in total. The van der Waals surface area contributed by atoms with Gasteiger partial charge in [0, 0.05) is 32.1 Å². The van der Waals surface area contributed by atoms with Crippen molar-refractivity contribution < 1.29 is 13.2 Å². The molecule has 27 heavy (non-hydrogen) atoms. The molecule has 1 aromatic heterocycles. The van der Waals surface area contributed by atoms with Gasteiger partial charge in [-0.2, -0.15) is 0 Å². The molecule has 2 aromatic rings. The maximum absolute atomic E-state index is 13.0. The summed E-state index contributed by atoms with van der Waals surface area (Å²) in [7, 11) is -3.16. The minimum atomic E-state index is -3.16. The van der Waals surface area contributed by atoms with Gasteiger partial charge in [-0.05, 0) is 38.3 Å². The lowest BCUT2D eigenvalue weighted by Crippen LogP contribution is -2.43. The average molecular weight is 391 g/mol. The zero-order chi connectivity index (χ0) is 19.2. The van der Waals surface area contributed by atoms with E-state index < -0.39 is 10.0 Å². The molecular formula is C19H26N4O3S. The molecule has 2 aliphatic rings. The van der Waals surface area contributed by atoms with Crippen LogP contribution in [-0.2, 0) is 14.8 Å². The number of aryl methyl sites for hydroxylation is 1. The molecule has 0 unspecified atom stereocenters. The fourth-order valence-corrected chi connectivity index (χ4v) is 5.35. The maximum Gasteiger partial charge on any atom is 0.225 e. The number of imidazole rings is 1. The lowest BCUT2D eigenvalue weighted by Gasteiger charge is -2.31. The van der Waals surface area contributed by atoms with E-state index in [0.29, 0.717) is 32.5 Å². The van der Waals surface area contributed by atoms with Crippen LogP contribution in [0.3, 0.4) is 0 Å². The Morgan fingerprint density at radius 2 is 1.81 bits per heavy atom. The first-order valence-corrected chi connectivity index (χ1v) is 11.4. The van der Waals surface area contributed by atoms with Crippen molar-refractivity contribution in [3.8, 4) is 0 Å². The number of para-hydroxylation sites is 2. The van der Waals surface area contributed by atoms with Crippen LogP contribution in [-0.4, -0.2) is 65.5 Å². The number of rotatable bonds is 3. The summed E-state index contributed by atoms with van der Waals surface area (Å²) in [5, 5.41) is 0. The predicted molar refractivity (Wildman–Crippen MR) is 104 cm³/mol. The van der Waals surface area contributed by atoms with Crippen molar-refractivity contribution in [1.82, 2.24) is 18.8 Å². The number of benzene rings is 1. The van der Waals surface area contributed by atoms with Crippen molar-refractivity contribution >= 4 is 27.0 Å². The second-order valence-corrected chi connectivity index (χ2v) is 9.66. The Labute approximate surface area is 160 Å². The van der Waals surface area contributed by atoms with Crippen LogP contribution in [0.15, 0.2) is 24.3 Å². The number of aromatic nitrogens is 2. The van der Waals surface area contributed by atoms with E-state index in [0.717, 1.165) is 29.8 Å². The predicted octanol–water partition coefficient (Wildman–Crippen LogP) is 1.79. The van der Waals surface area contributed by atoms with Gasteiger partial charge in [0.15, 0.2) is 0 Å². The number of sulfonamides is 1. The number of hydrogen-bond donors (Lipinski definition) is 0. The Kier molecular flexibility index (Phi) is 4.71. The van der Waals surface area contributed by atoms with Gasteiger partial charge in [-0.3, -0.25) is 4.79 Å². The molecule has 0 spiro atoms. The van der Waals surface area contributed by atoms with Crippen molar-refractivity contribution in [2.75, 3.05) is 32.4 Å². The number of likely N-dealkylation sites (tertiary alicyclic amines) is 1. The minimum Gasteiger partial charge on any atom is -0.340 e. The van der Waals surface area contributed by atoms with E-state index in [4.69, 9.17) is 0 Å². The van der Waals surface area contributed by atoms with Crippen LogP contribution in [0.25, 0.3) is 11.0 Å². The smallest absolute Gasteiger partial charge is 0.225 e. The summed E-state index contributed by atoms with van der Waals surface area (Å²) in [6.45, 7) is 4.36. The molecule has 2 aliphatic heterocycles. The molecule has 2 fully saturated rings. The van der Waals surface area contributed by atoms with E-state index in [2.05, 4.69) is 15.6 Å². The Balaban J connectivity index is 1.44. The van der Waals surface area contributed by atoms with Gasteiger partial charge in [-0.25, -0.2) is 17.7 Å². The fraction of sp³-hybridized carbons (Fsp3) is 0.579. The minimum absolute atomic E-state index is 0.0672. The highest BCUT2D eigenvalue weighted by Crippen LogP contribution is 2.30. The second-order valence-electron chi connectivity index (χ2n) is 7.68. The Morgan fingerprint density at radius 1 is 1.11 bits per heavy atom. The number of hydrogen-bond acceptors (Lipinski definition) is 4. The highest BCUT2D eigenvalue weighted by Gasteiger charge is 2.35. The summed E-state index contributed by atoms with van der Waals surface area (Å²) in [6.07, 6.45) is 3.38. The topological polar surface area (TPSA) is 75.5 Å². The summed E-state index contributed by atoms with van der Waals surface area (Å²) in [5.74, 6) is 1.09. The number of fused-ring (bicyclic) bond motifs is 1. The molecule has 2 saturated heterocycles. The van der Waals surface area contributed by atoms with Crippen LogP contribution in [0.5, 0.6) is 0 Å². The zero-order valence-corrected chi connectivity index (χ0v) is 16.7. The molecule has 0 aliphatic carbocycles. The van der Waals surface area contributed by atoms with Gasteiger partial charge in [-0.15, -0.1) is 0 Å². The van der Waals surface area contributed by atoms with Crippen LogP contribution in [0.4, 0.5) is 0 Å². The molecule has 1 amide bonds. The number of amides is 1. The quantitative estimate of drug-likeness (QED) is 0.801. The van der Waals surface area contributed by atoms with Crippen molar-refractivity contribution in [2.24, 2.45) is 5.92 Å². The molecule has 8 heteroatoms. The third-order valence-electron chi connectivity index (χ3n) is 5.88. The Hall–Kier alpha value is -1.93. The van der Waals surface area contributed by atoms with Gasteiger partial charge in [-0.1, -0.05) is 12.1 Å². The van der Waals surface area contributed by atoms with E-state index in [-0.39, 0.29) is 17.9 Å². The maximum atomic E-state index is 13.0. The number of carbonyl (C=O) groups excluding carboxylic acids is 1. The van der Waals surface area contributed by atoms with Crippen LogP contribution >= 0.6 is 0 Å². The number of carbonyl (C=O) groups is 1. The highest BCUT2D eigenvalue weighted by atomic mass is 32.2. The van der Waals surface area contributed by atoms with E-state index in [1.807, 2.05) is 30.0 Å². The lowest BCUT2D eigenvalue weighted by atomic mass is 9.96. The monoisotopic (exact) mass is 390 g/mol. The van der Waals surface area contributed by atoms with Crippen LogP contribution < -0.4 is 0 Å². The molecule has 0 bridgehead atoms. The number of piperidine rings is 1. The van der Waals surface area contributed by atoms with E-state index in [1.165, 1.54) is 10.6 Å².